The molecule has 0 aliphatic rings. The number of nitrogens with one attached hydrogen (secondary N) is 1. The molecule has 1 aromatic carbocycles. The average molecular weight is 324 g/mol. The van der Waals surface area contributed by atoms with Gasteiger partial charge in [0.25, 0.3) is 5.56 Å². The lowest BCUT2D eigenvalue weighted by Crippen LogP contribution is -2.20. The number of nitrogens with zero attached hydrogens (tertiary/aromatic N) is 3. The van der Waals surface area contributed by atoms with Gasteiger partial charge in [0.15, 0.2) is 5.76 Å². The summed E-state index contributed by atoms with van der Waals surface area (Å²) in [4.78, 5) is 24.2. The van der Waals surface area contributed by atoms with E-state index < -0.39 is 5.91 Å². The number of para-hydroxylation sites is 1. The molecule has 1 N–H and O–H groups in total. The summed E-state index contributed by atoms with van der Waals surface area (Å²) in [6.45, 7) is 1.72. The van der Waals surface area contributed by atoms with Crippen molar-refractivity contribution >= 4 is 12.1 Å². The fourth-order valence-corrected chi connectivity index (χ4v) is 2.41. The standard InChI is InChI=1S/C17H16N4O3/c1-12-14(11-18-19-16(22)15-9-6-10-24-15)20(2)21(17(12)23)13-7-4-3-5-8-13/h3-11H,1-2H3,(H,19,22)/b18-11-. The summed E-state index contributed by atoms with van der Waals surface area (Å²) in [7, 11) is 1.76. The van der Waals surface area contributed by atoms with Crippen LogP contribution in [0.3, 0.4) is 0 Å². The molecule has 3 rings (SSSR count). The molecule has 7 nitrogen and oxygen atoms in total. The fourth-order valence-electron chi connectivity index (χ4n) is 2.41. The maximum Gasteiger partial charge on any atom is 0.307 e. The Kier molecular flexibility index (Phi) is 4.15. The van der Waals surface area contributed by atoms with E-state index in [1.165, 1.54) is 18.5 Å². The number of hydrazone groups is 1. The zero-order valence-electron chi connectivity index (χ0n) is 13.3. The van der Waals surface area contributed by atoms with Crippen LogP contribution in [0.1, 0.15) is 21.8 Å². The van der Waals surface area contributed by atoms with Crippen molar-refractivity contribution in [2.24, 2.45) is 12.1 Å². The first-order chi connectivity index (χ1) is 11.6. The molecule has 0 aliphatic heterocycles. The Hall–Kier alpha value is -3.35. The molecule has 0 unspecified atom stereocenters. The van der Waals surface area contributed by atoms with Gasteiger partial charge in [0.05, 0.1) is 23.9 Å². The van der Waals surface area contributed by atoms with E-state index in [4.69, 9.17) is 4.42 Å². The Morgan fingerprint density at radius 2 is 1.96 bits per heavy atom. The highest BCUT2D eigenvalue weighted by Gasteiger charge is 2.14. The van der Waals surface area contributed by atoms with Crippen LogP contribution in [0.4, 0.5) is 0 Å². The molecule has 0 saturated heterocycles. The van der Waals surface area contributed by atoms with Crippen molar-refractivity contribution in [3.8, 4) is 5.69 Å². The number of amides is 1. The average Bonchev–Trinajstić information content (AvgIpc) is 3.19. The van der Waals surface area contributed by atoms with Crippen LogP contribution in [0.2, 0.25) is 0 Å². The summed E-state index contributed by atoms with van der Waals surface area (Å²) in [5.74, 6) is -0.291. The minimum Gasteiger partial charge on any atom is -0.459 e. The Morgan fingerprint density at radius 1 is 1.21 bits per heavy atom. The minimum atomic E-state index is -0.457. The lowest BCUT2D eigenvalue weighted by atomic mass is 10.3. The molecule has 0 aliphatic carbocycles. The molecule has 0 radical (unpaired) electrons. The van der Waals surface area contributed by atoms with Crippen LogP contribution in [0.25, 0.3) is 5.69 Å². The molecule has 2 aromatic heterocycles. The number of carbonyl (C=O) groups excluding carboxylic acids is 1. The highest BCUT2D eigenvalue weighted by atomic mass is 16.3. The first-order valence-electron chi connectivity index (χ1n) is 7.30. The molecule has 122 valence electrons. The fraction of sp³-hybridized carbons (Fsp3) is 0.118. The predicted molar refractivity (Wildman–Crippen MR) is 89.5 cm³/mol. The van der Waals surface area contributed by atoms with Gasteiger partial charge in [0.2, 0.25) is 0 Å². The van der Waals surface area contributed by atoms with E-state index in [1.54, 1.807) is 29.4 Å². The maximum absolute atomic E-state index is 12.5. The van der Waals surface area contributed by atoms with Gasteiger partial charge in [-0.25, -0.2) is 10.1 Å². The SMILES string of the molecule is Cc1c(/C=N\NC(=O)c2ccco2)n(C)n(-c2ccccc2)c1=O. The Morgan fingerprint density at radius 3 is 2.62 bits per heavy atom. The van der Waals surface area contributed by atoms with Gasteiger partial charge in [-0.2, -0.15) is 5.10 Å². The molecular weight excluding hydrogens is 308 g/mol. The number of aromatic nitrogens is 2. The van der Waals surface area contributed by atoms with Crippen molar-refractivity contribution in [2.45, 2.75) is 6.92 Å². The molecule has 0 atom stereocenters. The smallest absolute Gasteiger partial charge is 0.307 e. The molecule has 0 spiro atoms. The van der Waals surface area contributed by atoms with Crippen LogP contribution in [-0.4, -0.2) is 21.5 Å². The van der Waals surface area contributed by atoms with Gasteiger partial charge in [-0.1, -0.05) is 18.2 Å². The van der Waals surface area contributed by atoms with Crippen molar-refractivity contribution in [1.29, 1.82) is 0 Å². The van der Waals surface area contributed by atoms with Crippen molar-refractivity contribution in [3.05, 3.63) is 76.1 Å². The lowest BCUT2D eigenvalue weighted by molar-refractivity contribution is 0.0927. The van der Waals surface area contributed by atoms with Gasteiger partial charge < -0.3 is 4.42 Å². The largest absolute Gasteiger partial charge is 0.459 e. The normalized spacial score (nSPS) is 11.1. The van der Waals surface area contributed by atoms with Gasteiger partial charge in [-0.05, 0) is 31.2 Å². The zero-order valence-corrected chi connectivity index (χ0v) is 13.3. The van der Waals surface area contributed by atoms with Crippen LogP contribution >= 0.6 is 0 Å². The van der Waals surface area contributed by atoms with E-state index in [-0.39, 0.29) is 11.3 Å². The molecule has 2 heterocycles. The van der Waals surface area contributed by atoms with Crippen molar-refractivity contribution < 1.29 is 9.21 Å². The summed E-state index contributed by atoms with van der Waals surface area (Å²) >= 11 is 0. The van der Waals surface area contributed by atoms with Gasteiger partial charge in [0, 0.05) is 12.6 Å². The van der Waals surface area contributed by atoms with Gasteiger partial charge in [-0.15, -0.1) is 0 Å². The number of rotatable bonds is 4. The van der Waals surface area contributed by atoms with E-state index in [0.717, 1.165) is 5.69 Å². The Labute approximate surface area is 137 Å². The quantitative estimate of drug-likeness (QED) is 0.587. The third kappa shape index (κ3) is 2.79. The molecule has 0 bridgehead atoms. The van der Waals surface area contributed by atoms with E-state index in [0.29, 0.717) is 11.3 Å². The van der Waals surface area contributed by atoms with Crippen molar-refractivity contribution in [3.63, 3.8) is 0 Å². The number of benzene rings is 1. The summed E-state index contributed by atoms with van der Waals surface area (Å²) in [6, 6.07) is 12.5. The number of furan rings is 1. The highest BCUT2D eigenvalue weighted by Crippen LogP contribution is 2.08. The molecule has 24 heavy (non-hydrogen) atoms. The second kappa shape index (κ2) is 6.41. The van der Waals surface area contributed by atoms with E-state index in [1.807, 2.05) is 30.3 Å². The van der Waals surface area contributed by atoms with Crippen molar-refractivity contribution in [2.75, 3.05) is 0 Å². The first kappa shape index (κ1) is 15.5. The first-order valence-corrected chi connectivity index (χ1v) is 7.30. The van der Waals surface area contributed by atoms with E-state index in [9.17, 15) is 9.59 Å². The number of hydrogen-bond acceptors (Lipinski definition) is 4. The molecule has 0 saturated carbocycles. The Balaban J connectivity index is 1.88. The number of hydrogen-bond donors (Lipinski definition) is 1. The van der Waals surface area contributed by atoms with Crippen LogP contribution < -0.4 is 11.0 Å². The summed E-state index contributed by atoms with van der Waals surface area (Å²) in [5.41, 5.74) is 4.13. The molecule has 0 fully saturated rings. The van der Waals surface area contributed by atoms with Crippen LogP contribution in [0.5, 0.6) is 0 Å². The summed E-state index contributed by atoms with van der Waals surface area (Å²) < 4.78 is 8.22. The second-order valence-electron chi connectivity index (χ2n) is 5.16. The maximum atomic E-state index is 12.5. The van der Waals surface area contributed by atoms with Crippen molar-refractivity contribution in [1.82, 2.24) is 14.8 Å². The topological polar surface area (TPSA) is 81.5 Å². The number of carbonyl (C=O) groups is 1. The monoisotopic (exact) mass is 324 g/mol. The van der Waals surface area contributed by atoms with Crippen LogP contribution in [0, 0.1) is 6.92 Å². The third-order valence-electron chi connectivity index (χ3n) is 3.64. The van der Waals surface area contributed by atoms with E-state index >= 15 is 0 Å². The zero-order chi connectivity index (χ0) is 17.1. The molecule has 7 heteroatoms. The van der Waals surface area contributed by atoms with Gasteiger partial charge >= 0.3 is 5.91 Å². The van der Waals surface area contributed by atoms with Gasteiger partial charge in [0.1, 0.15) is 0 Å². The highest BCUT2D eigenvalue weighted by molar-refractivity contribution is 5.92. The Bertz CT molecular complexity index is 934. The molecular formula is C17H16N4O3. The van der Waals surface area contributed by atoms with E-state index in [2.05, 4.69) is 10.5 Å². The predicted octanol–water partition coefficient (Wildman–Crippen LogP) is 1.84. The summed E-state index contributed by atoms with van der Waals surface area (Å²) in [6.07, 6.45) is 2.85. The minimum absolute atomic E-state index is 0.137. The summed E-state index contributed by atoms with van der Waals surface area (Å²) in [5, 5.41) is 3.91. The van der Waals surface area contributed by atoms with Crippen LogP contribution in [-0.2, 0) is 7.05 Å². The molecule has 3 aromatic rings. The lowest BCUT2D eigenvalue weighted by Gasteiger charge is -2.07. The van der Waals surface area contributed by atoms with Gasteiger partial charge in [-0.3, -0.25) is 14.3 Å². The van der Waals surface area contributed by atoms with Crippen LogP contribution in [0.15, 0.2) is 63.0 Å². The molecule has 1 amide bonds. The second-order valence-corrected chi connectivity index (χ2v) is 5.16. The third-order valence-corrected chi connectivity index (χ3v) is 3.64.